The Balaban J connectivity index is 1.45. The highest BCUT2D eigenvalue weighted by molar-refractivity contribution is 5.44. The Kier molecular flexibility index (Phi) is 4.60. The van der Waals surface area contributed by atoms with Crippen LogP contribution in [0.3, 0.4) is 0 Å². The first-order chi connectivity index (χ1) is 12.6. The van der Waals surface area contributed by atoms with Crippen molar-refractivity contribution < 1.29 is 14.0 Å². The van der Waals surface area contributed by atoms with Crippen LogP contribution in [0.2, 0.25) is 0 Å². The summed E-state index contributed by atoms with van der Waals surface area (Å²) in [5, 5.41) is 18.2. The predicted octanol–water partition coefficient (Wildman–Crippen LogP) is 2.31. The summed E-state index contributed by atoms with van der Waals surface area (Å²) in [7, 11) is 0. The van der Waals surface area contributed by atoms with Crippen molar-refractivity contribution in [3.63, 3.8) is 0 Å². The van der Waals surface area contributed by atoms with E-state index in [1.54, 1.807) is 18.4 Å². The molecule has 1 aliphatic heterocycles. The zero-order valence-corrected chi connectivity index (χ0v) is 14.9. The number of aromatic nitrogens is 4. The monoisotopic (exact) mass is 357 g/mol. The Bertz CT molecular complexity index is 839. The second-order valence-corrected chi connectivity index (χ2v) is 7.08. The Morgan fingerprint density at radius 1 is 1.35 bits per heavy atom. The molecule has 1 N–H and O–H groups in total. The summed E-state index contributed by atoms with van der Waals surface area (Å²) >= 11 is 0. The van der Waals surface area contributed by atoms with Gasteiger partial charge in [-0.1, -0.05) is 5.16 Å². The SMILES string of the molecule is CC(C)n1cc([C@@H]2CN(Cc3nc(-c4ccco4)no3)C[C@H]2CO)cn1. The molecule has 0 aromatic carbocycles. The fourth-order valence-electron chi connectivity index (χ4n) is 3.50. The van der Waals surface area contributed by atoms with Gasteiger partial charge in [0.1, 0.15) is 0 Å². The van der Waals surface area contributed by atoms with Crippen LogP contribution in [-0.4, -0.2) is 49.6 Å². The highest BCUT2D eigenvalue weighted by Crippen LogP contribution is 2.33. The second-order valence-electron chi connectivity index (χ2n) is 7.08. The summed E-state index contributed by atoms with van der Waals surface area (Å²) in [4.78, 5) is 6.63. The first kappa shape index (κ1) is 17.0. The standard InChI is InChI=1S/C18H23N5O3/c1-12(2)23-8-13(6-19-23)15-9-22(7-14(15)11-24)10-17-20-18(21-26-17)16-4-3-5-25-16/h3-6,8,12,14-15,24H,7,9-11H2,1-2H3/t14-,15-/m0/s1. The van der Waals surface area contributed by atoms with Gasteiger partial charge in [0, 0.05) is 43.8 Å². The first-order valence-electron chi connectivity index (χ1n) is 8.87. The molecule has 26 heavy (non-hydrogen) atoms. The third kappa shape index (κ3) is 3.30. The number of furan rings is 1. The van der Waals surface area contributed by atoms with Gasteiger partial charge in [0.05, 0.1) is 19.0 Å². The zero-order valence-electron chi connectivity index (χ0n) is 14.9. The molecule has 138 valence electrons. The Morgan fingerprint density at radius 3 is 2.92 bits per heavy atom. The maximum atomic E-state index is 9.81. The van der Waals surface area contributed by atoms with Crippen LogP contribution in [0.25, 0.3) is 11.6 Å². The van der Waals surface area contributed by atoms with Crippen molar-refractivity contribution in [1.29, 1.82) is 0 Å². The highest BCUT2D eigenvalue weighted by Gasteiger charge is 2.35. The summed E-state index contributed by atoms with van der Waals surface area (Å²) in [5.74, 6) is 2.02. The van der Waals surface area contributed by atoms with Crippen LogP contribution < -0.4 is 0 Å². The van der Waals surface area contributed by atoms with Crippen molar-refractivity contribution >= 4 is 0 Å². The molecule has 1 aliphatic rings. The topological polar surface area (TPSA) is 93.4 Å². The minimum Gasteiger partial charge on any atom is -0.461 e. The molecule has 3 aromatic heterocycles. The summed E-state index contributed by atoms with van der Waals surface area (Å²) < 4.78 is 12.6. The van der Waals surface area contributed by atoms with Gasteiger partial charge in [-0.05, 0) is 31.5 Å². The average molecular weight is 357 g/mol. The highest BCUT2D eigenvalue weighted by atomic mass is 16.5. The van der Waals surface area contributed by atoms with E-state index < -0.39 is 0 Å². The lowest BCUT2D eigenvalue weighted by Crippen LogP contribution is -2.21. The van der Waals surface area contributed by atoms with Crippen LogP contribution in [-0.2, 0) is 6.54 Å². The lowest BCUT2D eigenvalue weighted by Gasteiger charge is -2.14. The van der Waals surface area contributed by atoms with Crippen LogP contribution >= 0.6 is 0 Å². The summed E-state index contributed by atoms with van der Waals surface area (Å²) in [5.41, 5.74) is 1.17. The number of rotatable bonds is 6. The van der Waals surface area contributed by atoms with Gasteiger partial charge >= 0.3 is 0 Å². The number of aliphatic hydroxyl groups excluding tert-OH is 1. The van der Waals surface area contributed by atoms with E-state index in [1.165, 1.54) is 5.56 Å². The molecule has 4 rings (SSSR count). The smallest absolute Gasteiger partial charge is 0.241 e. The van der Waals surface area contributed by atoms with Gasteiger partial charge in [-0.15, -0.1) is 0 Å². The zero-order chi connectivity index (χ0) is 18.1. The van der Waals surface area contributed by atoms with E-state index >= 15 is 0 Å². The quantitative estimate of drug-likeness (QED) is 0.723. The third-order valence-corrected chi connectivity index (χ3v) is 4.90. The number of likely N-dealkylation sites (tertiary alicyclic amines) is 1. The minimum atomic E-state index is 0.148. The molecular formula is C18H23N5O3. The fraction of sp³-hybridized carbons (Fsp3) is 0.500. The summed E-state index contributed by atoms with van der Waals surface area (Å²) in [6.45, 7) is 6.52. The molecule has 8 heteroatoms. The summed E-state index contributed by atoms with van der Waals surface area (Å²) in [6, 6.07) is 3.92. The molecule has 0 radical (unpaired) electrons. The maximum absolute atomic E-state index is 9.81. The molecule has 0 spiro atoms. The molecule has 8 nitrogen and oxygen atoms in total. The van der Waals surface area contributed by atoms with Crippen LogP contribution in [0.1, 0.15) is 37.3 Å². The number of hydrogen-bond donors (Lipinski definition) is 1. The van der Waals surface area contributed by atoms with Crippen LogP contribution in [0.4, 0.5) is 0 Å². The van der Waals surface area contributed by atoms with Gasteiger partial charge < -0.3 is 14.0 Å². The van der Waals surface area contributed by atoms with Crippen molar-refractivity contribution in [2.75, 3.05) is 19.7 Å². The van der Waals surface area contributed by atoms with Gasteiger partial charge in [-0.25, -0.2) is 0 Å². The van der Waals surface area contributed by atoms with E-state index in [1.807, 2.05) is 10.9 Å². The Hall–Kier alpha value is -2.45. The molecule has 1 fully saturated rings. The number of aliphatic hydroxyl groups is 1. The molecule has 0 aliphatic carbocycles. The van der Waals surface area contributed by atoms with E-state index in [4.69, 9.17) is 8.94 Å². The van der Waals surface area contributed by atoms with Crippen molar-refractivity contribution in [3.8, 4) is 11.6 Å². The van der Waals surface area contributed by atoms with Crippen molar-refractivity contribution in [1.82, 2.24) is 24.8 Å². The van der Waals surface area contributed by atoms with Crippen molar-refractivity contribution in [2.24, 2.45) is 5.92 Å². The first-order valence-corrected chi connectivity index (χ1v) is 8.87. The fourth-order valence-corrected chi connectivity index (χ4v) is 3.50. The second kappa shape index (κ2) is 7.05. The lowest BCUT2D eigenvalue weighted by atomic mass is 9.92. The van der Waals surface area contributed by atoms with Gasteiger partial charge in [-0.2, -0.15) is 10.1 Å². The molecule has 2 atom stereocenters. The maximum Gasteiger partial charge on any atom is 0.241 e. The normalized spacial score (nSPS) is 21.1. The lowest BCUT2D eigenvalue weighted by molar-refractivity contribution is 0.207. The van der Waals surface area contributed by atoms with Gasteiger partial charge in [0.15, 0.2) is 5.76 Å². The van der Waals surface area contributed by atoms with Gasteiger partial charge in [0.25, 0.3) is 0 Å². The molecule has 0 amide bonds. The number of nitrogens with zero attached hydrogens (tertiary/aromatic N) is 5. The van der Waals surface area contributed by atoms with Gasteiger partial charge in [-0.3, -0.25) is 9.58 Å². The molecule has 0 saturated carbocycles. The molecule has 0 bridgehead atoms. The van der Waals surface area contributed by atoms with Crippen LogP contribution in [0, 0.1) is 5.92 Å². The van der Waals surface area contributed by atoms with Gasteiger partial charge in [0.2, 0.25) is 11.7 Å². The van der Waals surface area contributed by atoms with E-state index in [0.29, 0.717) is 30.1 Å². The van der Waals surface area contributed by atoms with Crippen molar-refractivity contribution in [2.45, 2.75) is 32.4 Å². The van der Waals surface area contributed by atoms with Crippen LogP contribution in [0.15, 0.2) is 39.7 Å². The molecule has 4 heterocycles. The molecule has 3 aromatic rings. The molecule has 1 saturated heterocycles. The van der Waals surface area contributed by atoms with Crippen molar-refractivity contribution in [3.05, 3.63) is 42.2 Å². The average Bonchev–Trinajstić information content (AvgIpc) is 3.40. The van der Waals surface area contributed by atoms with E-state index in [-0.39, 0.29) is 18.4 Å². The summed E-state index contributed by atoms with van der Waals surface area (Å²) in [6.07, 6.45) is 5.58. The van der Waals surface area contributed by atoms with E-state index in [0.717, 1.165) is 13.1 Å². The van der Waals surface area contributed by atoms with E-state index in [9.17, 15) is 5.11 Å². The Morgan fingerprint density at radius 2 is 2.23 bits per heavy atom. The minimum absolute atomic E-state index is 0.148. The Labute approximate surface area is 151 Å². The number of hydrogen-bond acceptors (Lipinski definition) is 7. The predicted molar refractivity (Wildman–Crippen MR) is 93.2 cm³/mol. The largest absolute Gasteiger partial charge is 0.461 e. The van der Waals surface area contributed by atoms with E-state index in [2.05, 4.69) is 40.2 Å². The third-order valence-electron chi connectivity index (χ3n) is 4.90. The molecule has 0 unspecified atom stereocenters. The van der Waals surface area contributed by atoms with Crippen LogP contribution in [0.5, 0.6) is 0 Å². The molecular weight excluding hydrogens is 334 g/mol.